The Morgan fingerprint density at radius 2 is 1.88 bits per heavy atom. The molecule has 5 nitrogen and oxygen atoms in total. The van der Waals surface area contributed by atoms with Crippen LogP contribution in [0.3, 0.4) is 0 Å². The van der Waals surface area contributed by atoms with E-state index in [0.717, 1.165) is 32.6 Å². The highest BCUT2D eigenvalue weighted by atomic mass is 32.1. The van der Waals surface area contributed by atoms with Gasteiger partial charge in [-0.25, -0.2) is 4.79 Å². The Hall–Kier alpha value is -3.12. The molecular formula is C20H17N3O2S. The molecule has 0 fully saturated rings. The molecule has 0 saturated heterocycles. The third-order valence-corrected chi connectivity index (χ3v) is 5.15. The molecule has 0 aliphatic rings. The first kappa shape index (κ1) is 16.4. The zero-order chi connectivity index (χ0) is 17.9. The van der Waals surface area contributed by atoms with Gasteiger partial charge in [0.15, 0.2) is 0 Å². The van der Waals surface area contributed by atoms with Gasteiger partial charge in [0.1, 0.15) is 11.5 Å². The molecular weight excluding hydrogens is 346 g/mol. The number of amides is 2. The van der Waals surface area contributed by atoms with Gasteiger partial charge in [-0.05, 0) is 13.0 Å². The molecule has 2 amide bonds. The van der Waals surface area contributed by atoms with Gasteiger partial charge < -0.3 is 15.2 Å². The number of fused-ring (bicyclic) bond motifs is 1. The van der Waals surface area contributed by atoms with Crippen molar-refractivity contribution in [3.8, 4) is 11.3 Å². The largest absolute Gasteiger partial charge is 0.361 e. The molecule has 0 radical (unpaired) electrons. The van der Waals surface area contributed by atoms with Crippen molar-refractivity contribution >= 4 is 33.1 Å². The summed E-state index contributed by atoms with van der Waals surface area (Å²) >= 11 is 1.61. The van der Waals surface area contributed by atoms with E-state index in [4.69, 9.17) is 4.52 Å². The maximum Gasteiger partial charge on any atom is 0.319 e. The normalized spacial score (nSPS) is 10.8. The van der Waals surface area contributed by atoms with Crippen LogP contribution in [0.4, 0.5) is 10.5 Å². The Bertz CT molecular complexity index is 1050. The maximum absolute atomic E-state index is 12.3. The van der Waals surface area contributed by atoms with Gasteiger partial charge >= 0.3 is 6.03 Å². The molecule has 4 rings (SSSR count). The van der Waals surface area contributed by atoms with E-state index in [1.165, 1.54) is 0 Å². The van der Waals surface area contributed by atoms with Crippen LogP contribution in [0.1, 0.15) is 11.3 Å². The fourth-order valence-corrected chi connectivity index (χ4v) is 3.72. The van der Waals surface area contributed by atoms with Crippen LogP contribution in [0.2, 0.25) is 0 Å². The molecule has 0 bridgehead atoms. The van der Waals surface area contributed by atoms with E-state index in [0.29, 0.717) is 12.3 Å². The van der Waals surface area contributed by atoms with Crippen molar-refractivity contribution in [2.75, 3.05) is 5.32 Å². The van der Waals surface area contributed by atoms with Crippen LogP contribution in [-0.4, -0.2) is 11.2 Å². The highest BCUT2D eigenvalue weighted by Gasteiger charge is 2.15. The predicted molar refractivity (Wildman–Crippen MR) is 104 cm³/mol. The molecule has 6 heteroatoms. The van der Waals surface area contributed by atoms with Gasteiger partial charge in [0, 0.05) is 26.6 Å². The lowest BCUT2D eigenvalue weighted by Gasteiger charge is -2.07. The van der Waals surface area contributed by atoms with E-state index in [1.807, 2.05) is 66.9 Å². The van der Waals surface area contributed by atoms with Crippen LogP contribution in [0.15, 0.2) is 64.5 Å². The second kappa shape index (κ2) is 7.01. The van der Waals surface area contributed by atoms with Crippen molar-refractivity contribution in [1.82, 2.24) is 10.5 Å². The van der Waals surface area contributed by atoms with Crippen LogP contribution in [0.5, 0.6) is 0 Å². The fourth-order valence-electron chi connectivity index (χ4n) is 2.83. The third kappa shape index (κ3) is 3.19. The number of rotatable bonds is 4. The van der Waals surface area contributed by atoms with Gasteiger partial charge in [-0.1, -0.05) is 53.7 Å². The number of hydrogen-bond donors (Lipinski definition) is 2. The summed E-state index contributed by atoms with van der Waals surface area (Å²) in [5.74, 6) is 0.699. The van der Waals surface area contributed by atoms with Gasteiger partial charge in [0.25, 0.3) is 0 Å². The predicted octanol–water partition coefficient (Wildman–Crippen LogP) is 5.19. The molecule has 0 atom stereocenters. The standard InChI is InChI=1S/C20H17N3O2S/c1-13-16(19(23-25-13)14-7-3-2-4-8-14)11-21-20(24)22-17-12-26-18-10-6-5-9-15(17)18/h2-10,12H,11H2,1H3,(H2,21,22,24). The molecule has 26 heavy (non-hydrogen) atoms. The molecule has 4 aromatic rings. The van der Waals surface area contributed by atoms with Crippen molar-refractivity contribution in [3.05, 3.63) is 71.3 Å². The zero-order valence-corrected chi connectivity index (χ0v) is 15.0. The minimum atomic E-state index is -0.256. The Morgan fingerprint density at radius 3 is 2.73 bits per heavy atom. The molecule has 2 aromatic carbocycles. The van der Waals surface area contributed by atoms with E-state index in [-0.39, 0.29) is 6.03 Å². The topological polar surface area (TPSA) is 67.2 Å². The van der Waals surface area contributed by atoms with E-state index in [2.05, 4.69) is 15.8 Å². The fraction of sp³-hybridized carbons (Fsp3) is 0.100. The molecule has 2 N–H and O–H groups in total. The Labute approximate surface area is 154 Å². The molecule has 0 saturated carbocycles. The van der Waals surface area contributed by atoms with Crippen LogP contribution in [-0.2, 0) is 6.54 Å². The van der Waals surface area contributed by atoms with E-state index in [9.17, 15) is 4.79 Å². The summed E-state index contributed by atoms with van der Waals surface area (Å²) in [5.41, 5.74) is 3.41. The molecule has 0 aliphatic heterocycles. The summed E-state index contributed by atoms with van der Waals surface area (Å²) in [5, 5.41) is 12.9. The third-order valence-electron chi connectivity index (χ3n) is 4.19. The molecule has 2 heterocycles. The number of aromatic nitrogens is 1. The van der Waals surface area contributed by atoms with Crippen molar-refractivity contribution in [3.63, 3.8) is 0 Å². The summed E-state index contributed by atoms with van der Waals surface area (Å²) in [7, 11) is 0. The summed E-state index contributed by atoms with van der Waals surface area (Å²) in [6, 6.07) is 17.5. The maximum atomic E-state index is 12.3. The first-order valence-electron chi connectivity index (χ1n) is 8.24. The number of benzene rings is 2. The first-order valence-corrected chi connectivity index (χ1v) is 9.12. The van der Waals surface area contributed by atoms with Crippen molar-refractivity contribution < 1.29 is 9.32 Å². The smallest absolute Gasteiger partial charge is 0.319 e. The molecule has 0 spiro atoms. The summed E-state index contributed by atoms with van der Waals surface area (Å²) in [4.78, 5) is 12.3. The van der Waals surface area contributed by atoms with E-state index >= 15 is 0 Å². The van der Waals surface area contributed by atoms with Gasteiger partial charge in [-0.3, -0.25) is 0 Å². The van der Waals surface area contributed by atoms with E-state index in [1.54, 1.807) is 11.3 Å². The summed E-state index contributed by atoms with van der Waals surface area (Å²) in [6.45, 7) is 2.19. The minimum Gasteiger partial charge on any atom is -0.361 e. The van der Waals surface area contributed by atoms with Crippen LogP contribution in [0.25, 0.3) is 21.3 Å². The number of aryl methyl sites for hydroxylation is 1. The van der Waals surface area contributed by atoms with Crippen LogP contribution < -0.4 is 10.6 Å². The van der Waals surface area contributed by atoms with Crippen LogP contribution >= 0.6 is 11.3 Å². The second-order valence-corrected chi connectivity index (χ2v) is 6.80. The summed E-state index contributed by atoms with van der Waals surface area (Å²) < 4.78 is 6.47. The number of carbonyl (C=O) groups excluding carboxylic acids is 1. The Balaban J connectivity index is 1.48. The Kier molecular flexibility index (Phi) is 4.41. The van der Waals surface area contributed by atoms with Crippen LogP contribution in [0, 0.1) is 6.92 Å². The Morgan fingerprint density at radius 1 is 1.12 bits per heavy atom. The van der Waals surface area contributed by atoms with Crippen molar-refractivity contribution in [2.45, 2.75) is 13.5 Å². The van der Waals surface area contributed by atoms with Gasteiger partial charge in [0.2, 0.25) is 0 Å². The molecule has 2 aromatic heterocycles. The quantitative estimate of drug-likeness (QED) is 0.524. The van der Waals surface area contributed by atoms with Gasteiger partial charge in [-0.2, -0.15) is 0 Å². The average Bonchev–Trinajstić information content (AvgIpc) is 3.24. The number of nitrogens with one attached hydrogen (secondary N) is 2. The van der Waals surface area contributed by atoms with Gasteiger partial charge in [0.05, 0.1) is 12.2 Å². The lowest BCUT2D eigenvalue weighted by atomic mass is 10.1. The lowest BCUT2D eigenvalue weighted by molar-refractivity contribution is 0.251. The highest BCUT2D eigenvalue weighted by molar-refractivity contribution is 7.17. The number of thiophene rings is 1. The average molecular weight is 363 g/mol. The minimum absolute atomic E-state index is 0.256. The number of nitrogens with zero attached hydrogens (tertiary/aromatic N) is 1. The SMILES string of the molecule is Cc1onc(-c2ccccc2)c1CNC(=O)Nc1csc2ccccc12. The monoisotopic (exact) mass is 363 g/mol. The number of hydrogen-bond acceptors (Lipinski definition) is 4. The molecule has 0 aliphatic carbocycles. The first-order chi connectivity index (χ1) is 12.7. The molecule has 0 unspecified atom stereocenters. The lowest BCUT2D eigenvalue weighted by Crippen LogP contribution is -2.28. The van der Waals surface area contributed by atoms with Crippen molar-refractivity contribution in [2.24, 2.45) is 0 Å². The zero-order valence-electron chi connectivity index (χ0n) is 14.2. The number of anilines is 1. The summed E-state index contributed by atoms with van der Waals surface area (Å²) in [6.07, 6.45) is 0. The second-order valence-electron chi connectivity index (χ2n) is 5.89. The molecule has 130 valence electrons. The van der Waals surface area contributed by atoms with Crippen molar-refractivity contribution in [1.29, 1.82) is 0 Å². The van der Waals surface area contributed by atoms with Gasteiger partial charge in [-0.15, -0.1) is 11.3 Å². The number of carbonyl (C=O) groups is 1. The highest BCUT2D eigenvalue weighted by Crippen LogP contribution is 2.30. The van der Waals surface area contributed by atoms with E-state index < -0.39 is 0 Å². The number of urea groups is 1.